The van der Waals surface area contributed by atoms with Gasteiger partial charge < -0.3 is 15.2 Å². The molecule has 2 aromatic rings. The largest absolute Gasteiger partial charge is 0.491 e. The zero-order chi connectivity index (χ0) is 15.2. The van der Waals surface area contributed by atoms with Crippen molar-refractivity contribution in [1.29, 1.82) is 0 Å². The standard InChI is InChI=1S/C17H20ClNO2/c1-12-13(7-5-8-15(12)18)17(19)14-6-3-4-9-16(14)21-11-10-20-2/h3-9,17H,10-11,19H2,1-2H3. The third kappa shape index (κ3) is 3.76. The van der Waals surface area contributed by atoms with Gasteiger partial charge in [0, 0.05) is 17.7 Å². The Morgan fingerprint density at radius 2 is 1.76 bits per heavy atom. The topological polar surface area (TPSA) is 44.5 Å². The highest BCUT2D eigenvalue weighted by molar-refractivity contribution is 6.31. The fraction of sp³-hybridized carbons (Fsp3) is 0.294. The molecule has 0 radical (unpaired) electrons. The van der Waals surface area contributed by atoms with Crippen LogP contribution in [0.15, 0.2) is 42.5 Å². The number of halogens is 1. The van der Waals surface area contributed by atoms with Crippen molar-refractivity contribution < 1.29 is 9.47 Å². The van der Waals surface area contributed by atoms with Crippen LogP contribution in [0.5, 0.6) is 5.75 Å². The molecule has 0 aliphatic heterocycles. The first-order chi connectivity index (χ1) is 10.1. The van der Waals surface area contributed by atoms with Crippen LogP contribution in [0.1, 0.15) is 22.7 Å². The van der Waals surface area contributed by atoms with Crippen LogP contribution >= 0.6 is 11.6 Å². The molecular weight excluding hydrogens is 286 g/mol. The van der Waals surface area contributed by atoms with Gasteiger partial charge in [-0.1, -0.05) is 41.9 Å². The predicted octanol–water partition coefficient (Wildman–Crippen LogP) is 3.72. The molecule has 1 unspecified atom stereocenters. The number of benzene rings is 2. The summed E-state index contributed by atoms with van der Waals surface area (Å²) in [6.45, 7) is 3.01. The molecule has 0 fully saturated rings. The van der Waals surface area contributed by atoms with Crippen LogP contribution in [0.25, 0.3) is 0 Å². The lowest BCUT2D eigenvalue weighted by molar-refractivity contribution is 0.145. The highest BCUT2D eigenvalue weighted by Crippen LogP contribution is 2.31. The van der Waals surface area contributed by atoms with Crippen LogP contribution in [0.2, 0.25) is 5.02 Å². The summed E-state index contributed by atoms with van der Waals surface area (Å²) in [6, 6.07) is 13.3. The number of hydrogen-bond donors (Lipinski definition) is 1. The predicted molar refractivity (Wildman–Crippen MR) is 86.0 cm³/mol. The molecule has 0 spiro atoms. The number of nitrogens with two attached hydrogens (primary N) is 1. The van der Waals surface area contributed by atoms with Crippen molar-refractivity contribution in [2.45, 2.75) is 13.0 Å². The number of hydrogen-bond acceptors (Lipinski definition) is 3. The van der Waals surface area contributed by atoms with Gasteiger partial charge in [-0.3, -0.25) is 0 Å². The van der Waals surface area contributed by atoms with Gasteiger partial charge in [-0.05, 0) is 30.2 Å². The normalized spacial score (nSPS) is 12.2. The lowest BCUT2D eigenvalue weighted by Crippen LogP contribution is -2.15. The second kappa shape index (κ2) is 7.46. The summed E-state index contributed by atoms with van der Waals surface area (Å²) in [6.07, 6.45) is 0. The Kier molecular flexibility index (Phi) is 5.62. The summed E-state index contributed by atoms with van der Waals surface area (Å²) >= 11 is 6.18. The van der Waals surface area contributed by atoms with Gasteiger partial charge in [-0.2, -0.15) is 0 Å². The average molecular weight is 306 g/mol. The van der Waals surface area contributed by atoms with Crippen molar-refractivity contribution in [3.05, 3.63) is 64.2 Å². The lowest BCUT2D eigenvalue weighted by Gasteiger charge is -2.19. The number of ether oxygens (including phenoxy) is 2. The summed E-state index contributed by atoms with van der Waals surface area (Å²) in [5.74, 6) is 0.779. The number of rotatable bonds is 6. The summed E-state index contributed by atoms with van der Waals surface area (Å²) in [5, 5.41) is 0.723. The fourth-order valence-electron chi connectivity index (χ4n) is 2.23. The van der Waals surface area contributed by atoms with E-state index in [2.05, 4.69) is 0 Å². The van der Waals surface area contributed by atoms with Gasteiger partial charge in [-0.25, -0.2) is 0 Å². The highest BCUT2D eigenvalue weighted by atomic mass is 35.5. The molecule has 0 bridgehead atoms. The third-order valence-electron chi connectivity index (χ3n) is 3.44. The zero-order valence-corrected chi connectivity index (χ0v) is 13.1. The van der Waals surface area contributed by atoms with E-state index in [-0.39, 0.29) is 6.04 Å². The fourth-order valence-corrected chi connectivity index (χ4v) is 2.41. The third-order valence-corrected chi connectivity index (χ3v) is 3.85. The number of para-hydroxylation sites is 1. The van der Waals surface area contributed by atoms with E-state index in [0.717, 1.165) is 27.5 Å². The summed E-state index contributed by atoms with van der Waals surface area (Å²) in [5.41, 5.74) is 9.37. The molecule has 0 saturated carbocycles. The Hall–Kier alpha value is -1.55. The molecule has 3 nitrogen and oxygen atoms in total. The Balaban J connectivity index is 2.30. The molecular formula is C17H20ClNO2. The second-order valence-corrected chi connectivity index (χ2v) is 5.22. The minimum atomic E-state index is -0.276. The van der Waals surface area contributed by atoms with Crippen molar-refractivity contribution in [1.82, 2.24) is 0 Å². The minimum absolute atomic E-state index is 0.276. The number of methoxy groups -OCH3 is 1. The second-order valence-electron chi connectivity index (χ2n) is 4.81. The molecule has 0 amide bonds. The van der Waals surface area contributed by atoms with Gasteiger partial charge in [0.2, 0.25) is 0 Å². The first kappa shape index (κ1) is 15.8. The monoisotopic (exact) mass is 305 g/mol. The Bertz CT molecular complexity index is 601. The van der Waals surface area contributed by atoms with Crippen LogP contribution in [0.3, 0.4) is 0 Å². The first-order valence-corrected chi connectivity index (χ1v) is 7.24. The van der Waals surface area contributed by atoms with Gasteiger partial charge in [0.1, 0.15) is 12.4 Å². The van der Waals surface area contributed by atoms with Gasteiger partial charge in [0.25, 0.3) is 0 Å². The SMILES string of the molecule is COCCOc1ccccc1C(N)c1cccc(Cl)c1C. The molecule has 2 aromatic carbocycles. The van der Waals surface area contributed by atoms with E-state index in [1.54, 1.807) is 7.11 Å². The molecule has 2 rings (SSSR count). The maximum absolute atomic E-state index is 6.42. The van der Waals surface area contributed by atoms with E-state index >= 15 is 0 Å². The lowest BCUT2D eigenvalue weighted by atomic mass is 9.95. The molecule has 0 heterocycles. The summed E-state index contributed by atoms with van der Waals surface area (Å²) < 4.78 is 10.8. The quantitative estimate of drug-likeness (QED) is 0.827. The van der Waals surface area contributed by atoms with Crippen LogP contribution < -0.4 is 10.5 Å². The molecule has 1 atom stereocenters. The maximum Gasteiger partial charge on any atom is 0.124 e. The van der Waals surface area contributed by atoms with Gasteiger partial charge >= 0.3 is 0 Å². The average Bonchev–Trinajstić information content (AvgIpc) is 2.50. The molecule has 2 N–H and O–H groups in total. The van der Waals surface area contributed by atoms with E-state index in [1.807, 2.05) is 49.4 Å². The van der Waals surface area contributed by atoms with Crippen LogP contribution in [0, 0.1) is 6.92 Å². The smallest absolute Gasteiger partial charge is 0.124 e. The van der Waals surface area contributed by atoms with Crippen LogP contribution in [-0.2, 0) is 4.74 Å². The van der Waals surface area contributed by atoms with Crippen LogP contribution in [0.4, 0.5) is 0 Å². The van der Waals surface area contributed by atoms with Gasteiger partial charge in [0.15, 0.2) is 0 Å². The van der Waals surface area contributed by atoms with Crippen molar-refractivity contribution in [3.63, 3.8) is 0 Å². The van der Waals surface area contributed by atoms with E-state index < -0.39 is 0 Å². The van der Waals surface area contributed by atoms with Crippen molar-refractivity contribution >= 4 is 11.6 Å². The van der Waals surface area contributed by atoms with E-state index in [9.17, 15) is 0 Å². The summed E-state index contributed by atoms with van der Waals surface area (Å²) in [7, 11) is 1.65. The Labute approximate surface area is 130 Å². The molecule has 0 aliphatic carbocycles. The maximum atomic E-state index is 6.42. The zero-order valence-electron chi connectivity index (χ0n) is 12.3. The van der Waals surface area contributed by atoms with E-state index in [0.29, 0.717) is 13.2 Å². The van der Waals surface area contributed by atoms with Crippen molar-refractivity contribution in [3.8, 4) is 5.75 Å². The molecule has 0 saturated heterocycles. The molecule has 0 aromatic heterocycles. The highest BCUT2D eigenvalue weighted by Gasteiger charge is 2.16. The van der Waals surface area contributed by atoms with Gasteiger partial charge in [-0.15, -0.1) is 0 Å². The van der Waals surface area contributed by atoms with E-state index in [1.165, 1.54) is 0 Å². The van der Waals surface area contributed by atoms with Crippen molar-refractivity contribution in [2.75, 3.05) is 20.3 Å². The Morgan fingerprint density at radius 1 is 1.05 bits per heavy atom. The van der Waals surface area contributed by atoms with E-state index in [4.69, 9.17) is 26.8 Å². The summed E-state index contributed by atoms with van der Waals surface area (Å²) in [4.78, 5) is 0. The molecule has 4 heteroatoms. The molecule has 21 heavy (non-hydrogen) atoms. The van der Waals surface area contributed by atoms with Crippen LogP contribution in [-0.4, -0.2) is 20.3 Å². The van der Waals surface area contributed by atoms with Gasteiger partial charge in [0.05, 0.1) is 12.6 Å². The minimum Gasteiger partial charge on any atom is -0.491 e. The first-order valence-electron chi connectivity index (χ1n) is 6.86. The molecule has 0 aliphatic rings. The van der Waals surface area contributed by atoms with Crippen molar-refractivity contribution in [2.24, 2.45) is 5.73 Å². The Morgan fingerprint density at radius 3 is 2.52 bits per heavy atom. The molecule has 112 valence electrons.